The number of alkyl halides is 1. The third-order valence-electron chi connectivity index (χ3n) is 3.23. The minimum absolute atomic E-state index is 0.276. The summed E-state index contributed by atoms with van der Waals surface area (Å²) >= 11 is 13.3. The van der Waals surface area contributed by atoms with Gasteiger partial charge in [0.05, 0.1) is 7.11 Å². The molecule has 0 aliphatic heterocycles. The summed E-state index contributed by atoms with van der Waals surface area (Å²) in [6, 6.07) is 14.3. The first kappa shape index (κ1) is 15.9. The summed E-state index contributed by atoms with van der Waals surface area (Å²) in [7, 11) is 1.68. The fourth-order valence-corrected chi connectivity index (χ4v) is 3.23. The molecular formula is C16H15Br2ClO. The molecule has 4 heteroatoms. The average Bonchev–Trinajstić information content (AvgIpc) is 2.46. The first-order valence-electron chi connectivity index (χ1n) is 6.28. The predicted molar refractivity (Wildman–Crippen MR) is 92.0 cm³/mol. The van der Waals surface area contributed by atoms with Gasteiger partial charge in [-0.2, -0.15) is 0 Å². The summed E-state index contributed by atoms with van der Waals surface area (Å²) in [5.74, 6) is 1.73. The molecule has 0 spiro atoms. The summed E-state index contributed by atoms with van der Waals surface area (Å²) in [5.41, 5.74) is 2.44. The van der Waals surface area contributed by atoms with Crippen molar-refractivity contribution in [3.8, 4) is 5.75 Å². The van der Waals surface area contributed by atoms with Crippen molar-refractivity contribution in [3.05, 3.63) is 62.5 Å². The predicted octanol–water partition coefficient (Wildman–Crippen LogP) is 5.79. The van der Waals surface area contributed by atoms with E-state index in [2.05, 4.69) is 50.1 Å². The monoisotopic (exact) mass is 416 g/mol. The second-order valence-corrected chi connectivity index (χ2v) is 6.65. The van der Waals surface area contributed by atoms with Gasteiger partial charge in [-0.15, -0.1) is 11.6 Å². The van der Waals surface area contributed by atoms with Crippen LogP contribution in [0.25, 0.3) is 0 Å². The zero-order chi connectivity index (χ0) is 14.5. The molecule has 0 fully saturated rings. The molecule has 0 aliphatic rings. The van der Waals surface area contributed by atoms with Crippen LogP contribution in [0.2, 0.25) is 0 Å². The summed E-state index contributed by atoms with van der Waals surface area (Å²) in [4.78, 5) is 0. The second-order valence-electron chi connectivity index (χ2n) is 4.57. The molecular weight excluding hydrogens is 403 g/mol. The quantitative estimate of drug-likeness (QED) is 0.559. The zero-order valence-electron chi connectivity index (χ0n) is 11.1. The standard InChI is InChI=1S/C16H15Br2ClO/c1-20-15-5-6-16(18)12(9-15)7-13(10-19)11-3-2-4-14(17)8-11/h2-6,8-9,13H,7,10H2,1H3. The van der Waals surface area contributed by atoms with Gasteiger partial charge in [-0.05, 0) is 47.9 Å². The van der Waals surface area contributed by atoms with Gasteiger partial charge in [0, 0.05) is 20.7 Å². The lowest BCUT2D eigenvalue weighted by Crippen LogP contribution is -2.05. The van der Waals surface area contributed by atoms with Crippen LogP contribution in [0.5, 0.6) is 5.75 Å². The number of benzene rings is 2. The third kappa shape index (κ3) is 4.00. The molecule has 2 aromatic rings. The normalized spacial score (nSPS) is 12.2. The van der Waals surface area contributed by atoms with Gasteiger partial charge in [0.15, 0.2) is 0 Å². The van der Waals surface area contributed by atoms with Crippen molar-refractivity contribution in [2.75, 3.05) is 13.0 Å². The molecule has 0 aliphatic carbocycles. The van der Waals surface area contributed by atoms with E-state index in [0.29, 0.717) is 5.88 Å². The fourth-order valence-electron chi connectivity index (χ4n) is 2.12. The van der Waals surface area contributed by atoms with E-state index in [1.54, 1.807) is 7.11 Å². The molecule has 0 saturated heterocycles. The molecule has 0 heterocycles. The minimum atomic E-state index is 0.276. The lowest BCUT2D eigenvalue weighted by molar-refractivity contribution is 0.414. The smallest absolute Gasteiger partial charge is 0.119 e. The zero-order valence-corrected chi connectivity index (χ0v) is 15.0. The molecule has 1 atom stereocenters. The first-order chi connectivity index (χ1) is 9.63. The van der Waals surface area contributed by atoms with Crippen LogP contribution in [0.4, 0.5) is 0 Å². The van der Waals surface area contributed by atoms with Crippen LogP contribution < -0.4 is 4.74 Å². The number of rotatable bonds is 5. The summed E-state index contributed by atoms with van der Waals surface area (Å²) in [6.45, 7) is 0. The maximum Gasteiger partial charge on any atom is 0.119 e. The van der Waals surface area contributed by atoms with Crippen molar-refractivity contribution in [2.24, 2.45) is 0 Å². The Kier molecular flexibility index (Phi) is 5.94. The molecule has 0 aromatic heterocycles. The van der Waals surface area contributed by atoms with E-state index in [9.17, 15) is 0 Å². The van der Waals surface area contributed by atoms with E-state index in [-0.39, 0.29) is 5.92 Å². The molecule has 0 N–H and O–H groups in total. The van der Waals surface area contributed by atoms with Crippen LogP contribution >= 0.6 is 43.5 Å². The van der Waals surface area contributed by atoms with Crippen molar-refractivity contribution in [1.29, 1.82) is 0 Å². The van der Waals surface area contributed by atoms with Crippen LogP contribution in [0.3, 0.4) is 0 Å². The summed E-state index contributed by atoms with van der Waals surface area (Å²) < 4.78 is 7.45. The van der Waals surface area contributed by atoms with Crippen LogP contribution in [-0.4, -0.2) is 13.0 Å². The third-order valence-corrected chi connectivity index (χ3v) is 4.86. The van der Waals surface area contributed by atoms with E-state index in [4.69, 9.17) is 16.3 Å². The Labute approximate surface area is 141 Å². The highest BCUT2D eigenvalue weighted by atomic mass is 79.9. The molecule has 0 radical (unpaired) electrons. The molecule has 1 unspecified atom stereocenters. The van der Waals surface area contributed by atoms with Crippen molar-refractivity contribution in [2.45, 2.75) is 12.3 Å². The van der Waals surface area contributed by atoms with Crippen LogP contribution in [0, 0.1) is 0 Å². The molecule has 2 rings (SSSR count). The minimum Gasteiger partial charge on any atom is -0.497 e. The number of methoxy groups -OCH3 is 1. The molecule has 0 saturated carbocycles. The van der Waals surface area contributed by atoms with Crippen LogP contribution in [-0.2, 0) is 6.42 Å². The Bertz CT molecular complexity index is 586. The SMILES string of the molecule is COc1ccc(Br)c(CC(CCl)c2cccc(Br)c2)c1. The first-order valence-corrected chi connectivity index (χ1v) is 8.40. The highest BCUT2D eigenvalue weighted by Crippen LogP contribution is 2.30. The Morgan fingerprint density at radius 1 is 1.15 bits per heavy atom. The summed E-state index contributed by atoms with van der Waals surface area (Å²) in [6.07, 6.45) is 0.873. The van der Waals surface area contributed by atoms with Gasteiger partial charge < -0.3 is 4.74 Å². The highest BCUT2D eigenvalue weighted by molar-refractivity contribution is 9.10. The van der Waals surface area contributed by atoms with Crippen molar-refractivity contribution in [1.82, 2.24) is 0 Å². The summed E-state index contributed by atoms with van der Waals surface area (Å²) in [5, 5.41) is 0. The van der Waals surface area contributed by atoms with Crippen LogP contribution in [0.1, 0.15) is 17.0 Å². The second kappa shape index (κ2) is 7.48. The number of ether oxygens (including phenoxy) is 1. The highest BCUT2D eigenvalue weighted by Gasteiger charge is 2.14. The average molecular weight is 419 g/mol. The molecule has 106 valence electrons. The lowest BCUT2D eigenvalue weighted by Gasteiger charge is -2.16. The van der Waals surface area contributed by atoms with E-state index in [1.165, 1.54) is 11.1 Å². The van der Waals surface area contributed by atoms with E-state index in [1.807, 2.05) is 24.3 Å². The van der Waals surface area contributed by atoms with Crippen molar-refractivity contribution >= 4 is 43.5 Å². The fraction of sp³-hybridized carbons (Fsp3) is 0.250. The Morgan fingerprint density at radius 3 is 2.60 bits per heavy atom. The van der Waals surface area contributed by atoms with Gasteiger partial charge in [0.25, 0.3) is 0 Å². The largest absolute Gasteiger partial charge is 0.497 e. The maximum atomic E-state index is 6.17. The van der Waals surface area contributed by atoms with Gasteiger partial charge in [0.1, 0.15) is 5.75 Å². The van der Waals surface area contributed by atoms with Crippen molar-refractivity contribution < 1.29 is 4.74 Å². The number of hydrogen-bond acceptors (Lipinski definition) is 1. The number of hydrogen-bond donors (Lipinski definition) is 0. The van der Waals surface area contributed by atoms with Gasteiger partial charge >= 0.3 is 0 Å². The van der Waals surface area contributed by atoms with Gasteiger partial charge in [-0.25, -0.2) is 0 Å². The topological polar surface area (TPSA) is 9.23 Å². The molecule has 20 heavy (non-hydrogen) atoms. The molecule has 0 amide bonds. The van der Waals surface area contributed by atoms with E-state index < -0.39 is 0 Å². The Hall–Kier alpha value is -0.510. The van der Waals surface area contributed by atoms with Crippen LogP contribution in [0.15, 0.2) is 51.4 Å². The van der Waals surface area contributed by atoms with E-state index in [0.717, 1.165) is 21.1 Å². The van der Waals surface area contributed by atoms with E-state index >= 15 is 0 Å². The Morgan fingerprint density at radius 2 is 1.95 bits per heavy atom. The number of halogens is 3. The molecule has 1 nitrogen and oxygen atoms in total. The van der Waals surface area contributed by atoms with Crippen molar-refractivity contribution in [3.63, 3.8) is 0 Å². The van der Waals surface area contributed by atoms with Gasteiger partial charge in [-0.1, -0.05) is 44.0 Å². The van der Waals surface area contributed by atoms with Gasteiger partial charge in [-0.3, -0.25) is 0 Å². The van der Waals surface area contributed by atoms with Gasteiger partial charge in [0.2, 0.25) is 0 Å². The Balaban J connectivity index is 2.26. The maximum absolute atomic E-state index is 6.17. The molecule has 0 bridgehead atoms. The lowest BCUT2D eigenvalue weighted by atomic mass is 9.93. The molecule has 2 aromatic carbocycles.